The molecule has 418 valence electrons. The van der Waals surface area contributed by atoms with Crippen molar-refractivity contribution in [1.82, 2.24) is 16.0 Å². The number of carbonyl (C=O) groups excluding carboxylic acids is 4. The van der Waals surface area contributed by atoms with Crippen molar-refractivity contribution >= 4 is 119 Å². The molecule has 0 unspecified atom stereocenters. The summed E-state index contributed by atoms with van der Waals surface area (Å²) in [6.07, 6.45) is 19.2. The summed E-state index contributed by atoms with van der Waals surface area (Å²) in [5, 5.41) is 10.8. The Bertz CT molecular complexity index is 3010. The van der Waals surface area contributed by atoms with Crippen LogP contribution in [-0.2, 0) is 61.4 Å². The molecular weight excluding hydrogens is 1380 g/mol. The lowest BCUT2D eigenvalue weighted by Crippen LogP contribution is -2.22. The Morgan fingerprint density at radius 3 is 1.53 bits per heavy atom. The smallest absolute Gasteiger partial charge is 0.337 e. The Hall–Kier alpha value is -4.38. The van der Waals surface area contributed by atoms with Gasteiger partial charge in [0.05, 0.1) is 12.7 Å². The Balaban J connectivity index is 0.000000205. The summed E-state index contributed by atoms with van der Waals surface area (Å²) in [6, 6.07) is 36.2. The molecule has 0 amide bonds. The van der Waals surface area contributed by atoms with E-state index in [-0.39, 0.29) is 17.5 Å². The van der Waals surface area contributed by atoms with Gasteiger partial charge in [-0.2, -0.15) is 0 Å². The molecule has 14 heteroatoms. The Kier molecular flexibility index (Phi) is 31.9. The first kappa shape index (κ1) is 67.1. The quantitative estimate of drug-likeness (QED) is 0.0431. The number of alkyl halides is 1. The number of rotatable bonds is 9. The third-order valence-corrected chi connectivity index (χ3v) is 15.9. The molecule has 0 aliphatic carbocycles. The molecule has 8 nitrogen and oxygen atoms in total. The van der Waals surface area contributed by atoms with E-state index in [0.29, 0.717) is 5.56 Å². The fraction of sp³-hybridized carbons (Fsp3) is 0.292. The third kappa shape index (κ3) is 24.3. The number of fused-ring (bicyclic) bond motifs is 3. The van der Waals surface area contributed by atoms with Crippen LogP contribution in [0.5, 0.6) is 0 Å². The number of hydrogen-bond acceptors (Lipinski definition) is 8. The van der Waals surface area contributed by atoms with Crippen LogP contribution < -0.4 is 16.0 Å². The average molecular weight is 1450 g/mol. The van der Waals surface area contributed by atoms with E-state index < -0.39 is 0 Å². The van der Waals surface area contributed by atoms with Crippen LogP contribution in [0.25, 0.3) is 0 Å². The van der Waals surface area contributed by atoms with Crippen LogP contribution >= 0.6 is 95.6 Å². The maximum Gasteiger partial charge on any atom is 0.337 e. The minimum atomic E-state index is -0.252. The minimum absolute atomic E-state index is 0.0955. The Labute approximate surface area is 519 Å². The van der Waals surface area contributed by atoms with Crippen LogP contribution in [-0.4, -0.2) is 63.7 Å². The van der Waals surface area contributed by atoms with Crippen molar-refractivity contribution in [2.45, 2.75) is 83.4 Å². The summed E-state index contributed by atoms with van der Waals surface area (Å²) in [7, 11) is 1.42. The number of nitrogens with one attached hydrogen (secondary N) is 3. The first-order chi connectivity index (χ1) is 38.1. The SMILES string of the molecule is Brc1ccc2c(c1)CCN/C=C\C2.Brc1ccc2c(c1)CCNCCC2.C=CCc1ccc(Br)cc1C(C)=O.C=CCc1ccc(Br)cc1C=O.CC(=O)c1cc(Br)ccc1CBr.COC(=O)c1ccc2c(c1)CCNCCC2. The maximum absolute atomic E-state index is 11.4. The van der Waals surface area contributed by atoms with Gasteiger partial charge in [-0.3, -0.25) is 14.4 Å². The second-order valence-corrected chi connectivity index (χ2v) is 23.8. The van der Waals surface area contributed by atoms with E-state index in [9.17, 15) is 19.2 Å². The van der Waals surface area contributed by atoms with Crippen molar-refractivity contribution in [3.05, 3.63) is 241 Å². The monoisotopic (exact) mass is 1450 g/mol. The summed E-state index contributed by atoms with van der Waals surface area (Å²) in [5.41, 5.74) is 14.6. The highest BCUT2D eigenvalue weighted by Crippen LogP contribution is 2.23. The van der Waals surface area contributed by atoms with Gasteiger partial charge in [-0.15, -0.1) is 13.2 Å². The number of hydrogen-bond donors (Lipinski definition) is 3. The van der Waals surface area contributed by atoms with Gasteiger partial charge in [0, 0.05) is 50.9 Å². The molecule has 0 saturated carbocycles. The van der Waals surface area contributed by atoms with Crippen LogP contribution in [0.3, 0.4) is 0 Å². The molecule has 0 atom stereocenters. The van der Waals surface area contributed by atoms with Crippen molar-refractivity contribution < 1.29 is 23.9 Å². The number of allylic oxidation sites excluding steroid dienone is 3. The number of aldehydes is 1. The summed E-state index contributed by atoms with van der Waals surface area (Å²) in [6.45, 7) is 15.8. The zero-order valence-electron chi connectivity index (χ0n) is 45.3. The maximum atomic E-state index is 11.4. The largest absolute Gasteiger partial charge is 0.465 e. The Morgan fingerprint density at radius 1 is 0.532 bits per heavy atom. The molecule has 0 spiro atoms. The lowest BCUT2D eigenvalue weighted by atomic mass is 9.96. The van der Waals surface area contributed by atoms with E-state index in [4.69, 9.17) is 4.74 Å². The van der Waals surface area contributed by atoms with Crippen molar-refractivity contribution in [2.24, 2.45) is 0 Å². The summed E-state index contributed by atoms with van der Waals surface area (Å²) in [4.78, 5) is 44.4. The van der Waals surface area contributed by atoms with Crippen LogP contribution in [0, 0.1) is 0 Å². The van der Waals surface area contributed by atoms with Crippen molar-refractivity contribution in [3.63, 3.8) is 0 Å². The summed E-state index contributed by atoms with van der Waals surface area (Å²) in [5.74, 6) is -0.0540. The highest BCUT2D eigenvalue weighted by atomic mass is 79.9. The second kappa shape index (κ2) is 37.6. The van der Waals surface area contributed by atoms with E-state index in [2.05, 4.69) is 173 Å². The number of carbonyl (C=O) groups is 4. The molecule has 3 heterocycles. The highest BCUT2D eigenvalue weighted by molar-refractivity contribution is 9.11. The number of aryl methyl sites for hydroxylation is 2. The molecule has 9 rings (SSSR count). The van der Waals surface area contributed by atoms with Crippen LogP contribution in [0.15, 0.2) is 169 Å². The van der Waals surface area contributed by atoms with Crippen LogP contribution in [0.4, 0.5) is 0 Å². The third-order valence-electron chi connectivity index (χ3n) is 12.8. The molecule has 0 aromatic heterocycles. The van der Waals surface area contributed by atoms with Gasteiger partial charge in [-0.1, -0.05) is 150 Å². The molecule has 3 aliphatic rings. The topological polar surface area (TPSA) is 114 Å². The number of ether oxygens (including phenoxy) is 1. The van der Waals surface area contributed by atoms with Crippen LogP contribution in [0.1, 0.15) is 118 Å². The van der Waals surface area contributed by atoms with Crippen molar-refractivity contribution in [3.8, 4) is 0 Å². The number of ketones is 2. The molecule has 0 fully saturated rings. The minimum Gasteiger partial charge on any atom is -0.465 e. The van der Waals surface area contributed by atoms with E-state index in [1.54, 1.807) is 26.0 Å². The predicted molar refractivity (Wildman–Crippen MR) is 349 cm³/mol. The zero-order valence-corrected chi connectivity index (χ0v) is 54.8. The van der Waals surface area contributed by atoms with Crippen LogP contribution in [0.2, 0.25) is 0 Å². The molecular formula is C65H71Br6N3O5. The fourth-order valence-electron chi connectivity index (χ4n) is 8.73. The fourth-order valence-corrected chi connectivity index (χ4v) is 11.1. The van der Waals surface area contributed by atoms with Gasteiger partial charge in [-0.25, -0.2) is 4.79 Å². The normalized spacial score (nSPS) is 13.5. The van der Waals surface area contributed by atoms with Gasteiger partial charge < -0.3 is 20.7 Å². The lowest BCUT2D eigenvalue weighted by molar-refractivity contribution is 0.0600. The number of halogens is 6. The molecule has 3 aliphatic heterocycles. The van der Waals surface area contributed by atoms with Crippen molar-refractivity contribution in [2.75, 3.05) is 39.8 Å². The first-order valence-corrected chi connectivity index (χ1v) is 31.3. The van der Waals surface area contributed by atoms with E-state index in [1.165, 1.54) is 62.3 Å². The van der Waals surface area contributed by atoms with E-state index >= 15 is 0 Å². The first-order valence-electron chi connectivity index (χ1n) is 26.3. The number of esters is 1. The zero-order chi connectivity index (χ0) is 57.5. The predicted octanol–water partition coefficient (Wildman–Crippen LogP) is 16.6. The van der Waals surface area contributed by atoms with Gasteiger partial charge in [-0.05, 0) is 233 Å². The number of Topliss-reactive ketones (excluding diaryl/α,β-unsaturated/α-hetero) is 2. The molecule has 79 heavy (non-hydrogen) atoms. The second-order valence-electron chi connectivity index (χ2n) is 18.6. The summed E-state index contributed by atoms with van der Waals surface area (Å²) >= 11 is 20.3. The lowest BCUT2D eigenvalue weighted by Gasteiger charge is -2.15. The van der Waals surface area contributed by atoms with E-state index in [0.717, 1.165) is 143 Å². The summed E-state index contributed by atoms with van der Waals surface area (Å²) < 4.78 is 9.91. The molecule has 0 bridgehead atoms. The number of methoxy groups -OCH3 is 1. The highest BCUT2D eigenvalue weighted by Gasteiger charge is 2.12. The molecule has 0 radical (unpaired) electrons. The van der Waals surface area contributed by atoms with Crippen molar-refractivity contribution in [1.29, 1.82) is 0 Å². The molecule has 3 N–H and O–H groups in total. The van der Waals surface area contributed by atoms with Gasteiger partial charge in [0.25, 0.3) is 0 Å². The number of benzene rings is 6. The van der Waals surface area contributed by atoms with E-state index in [1.807, 2.05) is 72.9 Å². The Morgan fingerprint density at radius 2 is 0.987 bits per heavy atom. The molecule has 6 aromatic carbocycles. The van der Waals surface area contributed by atoms with Gasteiger partial charge in [0.15, 0.2) is 11.6 Å². The average Bonchev–Trinajstić information content (AvgIpc) is 3.42. The standard InChI is InChI=1S/C13H17NO2.C11H14BrN.C11H12BrN.C11H11BrO.C10H9BrO.C9H8Br2O/c1-16-13(15)12-5-4-10-3-2-7-14-8-6-11(10)9-12;2*12-11-4-3-9-2-1-6-13-7-5-10(9)8-11;1-3-4-9-5-6-10(12)7-11(9)8(2)13;1-2-3-8-4-5-10(11)6-9(8)7-12;1-6(12)9-4-8(11)3-2-7(9)5-10/h4-5,9,14H,2-3,6-8H2,1H3;3-4,8,13H,1-2,5-7H2;1,3-4,6,8,13H,2,5,7H2;3,5-7H,1,4H2,2H3;2,4-7H,1,3H2;2-4H,5H2,1H3/b;;6-1-;;;. The van der Waals surface area contributed by atoms with Gasteiger partial charge >= 0.3 is 5.97 Å². The molecule has 0 saturated heterocycles. The molecule has 6 aromatic rings. The van der Waals surface area contributed by atoms with Gasteiger partial charge in [0.1, 0.15) is 6.29 Å². The van der Waals surface area contributed by atoms with Gasteiger partial charge in [0.2, 0.25) is 0 Å².